The molecule has 21 heteroatoms. The average molecular weight is 1250 g/mol. The Morgan fingerprint density at radius 2 is 0.733 bits per heavy atom. The highest BCUT2D eigenvalue weighted by molar-refractivity contribution is 6.40. The van der Waals surface area contributed by atoms with Crippen LogP contribution >= 0.6 is 46.4 Å². The number of hydrogen-bond donors (Lipinski definition) is 6. The molecule has 3 amide bonds. The summed E-state index contributed by atoms with van der Waals surface area (Å²) in [6, 6.07) is 46.1. The summed E-state index contributed by atoms with van der Waals surface area (Å²) in [5.41, 5.74) is 2.13. The highest BCUT2D eigenvalue weighted by atomic mass is 35.5. The van der Waals surface area contributed by atoms with Crippen molar-refractivity contribution in [2.24, 2.45) is 0 Å². The van der Waals surface area contributed by atoms with Crippen LogP contribution in [0.3, 0.4) is 0 Å². The fourth-order valence-electron chi connectivity index (χ4n) is 8.32. The summed E-state index contributed by atoms with van der Waals surface area (Å²) < 4.78 is 54.3. The van der Waals surface area contributed by atoms with Gasteiger partial charge in [0, 0.05) is 5.56 Å². The van der Waals surface area contributed by atoms with E-state index in [-0.39, 0.29) is 81.7 Å². The van der Waals surface area contributed by atoms with Crippen LogP contribution < -0.4 is 25.4 Å². The summed E-state index contributed by atoms with van der Waals surface area (Å²) in [5.74, 6) is -6.72. The zero-order valence-corrected chi connectivity index (χ0v) is 48.2. The molecule has 0 heterocycles. The van der Waals surface area contributed by atoms with E-state index in [2.05, 4.69) is 16.0 Å². The topological polar surface area (TPSA) is 218 Å². The molecule has 0 aromatic heterocycles. The monoisotopic (exact) mass is 1240 g/mol. The Kier molecular flexibility index (Phi) is 22.1. The molecule has 0 aliphatic rings. The van der Waals surface area contributed by atoms with Crippen molar-refractivity contribution in [2.75, 3.05) is 29.2 Å². The molecule has 9 aromatic carbocycles. The van der Waals surface area contributed by atoms with Gasteiger partial charge in [-0.15, -0.1) is 0 Å². The van der Waals surface area contributed by atoms with Crippen LogP contribution in [0.1, 0.15) is 82.4 Å². The van der Waals surface area contributed by atoms with Crippen molar-refractivity contribution in [3.63, 3.8) is 0 Å². The van der Waals surface area contributed by atoms with Gasteiger partial charge in [-0.3, -0.25) is 14.4 Å². The van der Waals surface area contributed by atoms with Crippen molar-refractivity contribution in [3.05, 3.63) is 253 Å². The molecule has 0 aliphatic carbocycles. The number of carboxylic acid groups (broad SMARTS) is 3. The SMILES string of the molecule is CCCOc1cccc(-c2cc(F)c(NC(=O)c3ccccc3C(=O)O)c(Cl)c2)c1.CCOc1cccc(-c2cc(Cl)c(NC(=O)c3ccccc3C(=O)O)c(Cl)c2)c1.O=C(O)c1ccccc1C(=O)Nc1c(F)cc(-c2ccccc2F)cc1Cl. The van der Waals surface area contributed by atoms with E-state index in [0.29, 0.717) is 30.1 Å². The molecule has 86 heavy (non-hydrogen) atoms. The molecule has 438 valence electrons. The number of ether oxygens (including phenoxy) is 2. The van der Waals surface area contributed by atoms with Gasteiger partial charge >= 0.3 is 17.9 Å². The number of amides is 3. The van der Waals surface area contributed by atoms with Crippen molar-refractivity contribution in [2.45, 2.75) is 20.3 Å². The number of carbonyl (C=O) groups excluding carboxylic acids is 3. The number of rotatable bonds is 17. The van der Waals surface area contributed by atoms with E-state index >= 15 is 0 Å². The zero-order chi connectivity index (χ0) is 62.2. The number of carboxylic acids is 3. The normalized spacial score (nSPS) is 10.5. The third kappa shape index (κ3) is 16.2. The molecule has 0 atom stereocenters. The lowest BCUT2D eigenvalue weighted by Gasteiger charge is -2.13. The van der Waals surface area contributed by atoms with Gasteiger partial charge in [-0.05, 0) is 144 Å². The predicted molar refractivity (Wildman–Crippen MR) is 327 cm³/mol. The predicted octanol–water partition coefficient (Wildman–Crippen LogP) is 17.1. The summed E-state index contributed by atoms with van der Waals surface area (Å²) in [6.07, 6.45) is 0.865. The Hall–Kier alpha value is -9.65. The Bertz CT molecular complexity index is 3990. The second-order valence-corrected chi connectivity index (χ2v) is 19.8. The van der Waals surface area contributed by atoms with Gasteiger partial charge in [-0.1, -0.05) is 132 Å². The highest BCUT2D eigenvalue weighted by Crippen LogP contribution is 2.38. The lowest BCUT2D eigenvalue weighted by atomic mass is 10.0. The van der Waals surface area contributed by atoms with E-state index in [1.54, 1.807) is 48.5 Å². The third-order valence-electron chi connectivity index (χ3n) is 12.4. The first kappa shape index (κ1) is 63.9. The molecule has 0 fully saturated rings. The van der Waals surface area contributed by atoms with Crippen LogP contribution in [0.15, 0.2) is 182 Å². The summed E-state index contributed by atoms with van der Waals surface area (Å²) >= 11 is 25.1. The van der Waals surface area contributed by atoms with Gasteiger partial charge in [-0.25, -0.2) is 27.6 Å². The summed E-state index contributed by atoms with van der Waals surface area (Å²) in [5, 5.41) is 35.2. The van der Waals surface area contributed by atoms with Crippen LogP contribution in [0.5, 0.6) is 11.5 Å². The maximum absolute atomic E-state index is 14.8. The number of carbonyl (C=O) groups is 6. The number of nitrogens with one attached hydrogen (secondary N) is 3. The minimum absolute atomic E-state index is 0.00830. The van der Waals surface area contributed by atoms with E-state index in [1.165, 1.54) is 97.1 Å². The minimum Gasteiger partial charge on any atom is -0.494 e. The van der Waals surface area contributed by atoms with Gasteiger partial charge in [0.1, 0.15) is 29.0 Å². The molecular weight excluding hydrogens is 1200 g/mol. The molecule has 0 spiro atoms. The number of benzene rings is 9. The fourth-order valence-corrected chi connectivity index (χ4v) is 9.42. The van der Waals surface area contributed by atoms with E-state index in [1.807, 2.05) is 44.2 Å². The molecule has 0 radical (unpaired) electrons. The van der Waals surface area contributed by atoms with Gasteiger partial charge in [0.15, 0.2) is 0 Å². The van der Waals surface area contributed by atoms with E-state index in [0.717, 1.165) is 29.4 Å². The quantitative estimate of drug-likeness (QED) is 0.0504. The number of hydrogen-bond acceptors (Lipinski definition) is 8. The van der Waals surface area contributed by atoms with Crippen molar-refractivity contribution >= 4 is 99.1 Å². The van der Waals surface area contributed by atoms with Gasteiger partial charge in [0.05, 0.1) is 83.7 Å². The summed E-state index contributed by atoms with van der Waals surface area (Å²) in [6.45, 7) is 5.02. The standard InChI is InChI=1S/C23H19ClFNO4.C22H17Cl2NO4.C20H12ClF2NO3/c1-2-10-30-16-7-5-6-14(11-16)15-12-19(24)21(20(25)13-15)26-22(27)17-8-3-4-9-18(17)23(28)29;1-2-29-15-7-5-6-13(10-15)14-11-18(23)20(19(24)12-14)25-21(26)16-8-3-4-9-17(16)22(27)28;21-15-9-11(12-5-3-4-8-16(12)22)10-17(23)18(15)24-19(25)13-6-1-2-7-14(13)20(26)27/h3-9,11-13H,2,10H2,1H3,(H,26,27)(H,28,29);3-12H,2H2,1H3,(H,25,26)(H,27,28);1-10H,(H,24,25)(H,26,27). The first-order chi connectivity index (χ1) is 41.2. The second kappa shape index (κ2) is 29.7. The van der Waals surface area contributed by atoms with Crippen LogP contribution in [0.2, 0.25) is 20.1 Å². The molecule has 0 saturated heterocycles. The molecule has 0 aliphatic heterocycles. The molecule has 6 N–H and O–H groups in total. The lowest BCUT2D eigenvalue weighted by Crippen LogP contribution is -2.17. The first-order valence-corrected chi connectivity index (χ1v) is 27.3. The molecule has 0 bridgehead atoms. The molecule has 0 saturated carbocycles. The zero-order valence-electron chi connectivity index (χ0n) is 45.2. The van der Waals surface area contributed by atoms with Crippen LogP contribution in [-0.2, 0) is 0 Å². The molecular formula is C65H48Cl4F3N3O11. The van der Waals surface area contributed by atoms with E-state index in [4.69, 9.17) is 61.0 Å². The van der Waals surface area contributed by atoms with Crippen molar-refractivity contribution in [1.29, 1.82) is 0 Å². The average Bonchev–Trinajstić information content (AvgIpc) is 2.48. The maximum Gasteiger partial charge on any atom is 0.336 e. The fraction of sp³-hybridized carbons (Fsp3) is 0.0769. The maximum atomic E-state index is 14.8. The number of aromatic carboxylic acids is 3. The van der Waals surface area contributed by atoms with Crippen LogP contribution in [0.25, 0.3) is 33.4 Å². The Labute approximate surface area is 510 Å². The molecule has 9 rings (SSSR count). The van der Waals surface area contributed by atoms with Gasteiger partial charge in [0.2, 0.25) is 0 Å². The van der Waals surface area contributed by atoms with Gasteiger partial charge in [-0.2, -0.15) is 0 Å². The Morgan fingerprint density at radius 3 is 1.13 bits per heavy atom. The number of anilines is 3. The van der Waals surface area contributed by atoms with Crippen LogP contribution in [0.4, 0.5) is 30.2 Å². The Balaban J connectivity index is 0.000000185. The van der Waals surface area contributed by atoms with Crippen LogP contribution in [0, 0.1) is 17.5 Å². The first-order valence-electron chi connectivity index (χ1n) is 25.8. The second-order valence-electron chi connectivity index (χ2n) is 18.2. The van der Waals surface area contributed by atoms with Crippen LogP contribution in [-0.4, -0.2) is 64.2 Å². The van der Waals surface area contributed by atoms with E-state index < -0.39 is 53.1 Å². The summed E-state index contributed by atoms with van der Waals surface area (Å²) in [4.78, 5) is 71.4. The third-order valence-corrected chi connectivity index (χ3v) is 13.5. The lowest BCUT2D eigenvalue weighted by molar-refractivity contribution is 0.0683. The highest BCUT2D eigenvalue weighted by Gasteiger charge is 2.23. The smallest absolute Gasteiger partial charge is 0.336 e. The van der Waals surface area contributed by atoms with Crippen molar-refractivity contribution < 1.29 is 66.7 Å². The molecule has 9 aromatic rings. The minimum atomic E-state index is -1.29. The Morgan fingerprint density at radius 1 is 0.384 bits per heavy atom. The van der Waals surface area contributed by atoms with Gasteiger partial charge < -0.3 is 40.7 Å². The van der Waals surface area contributed by atoms with E-state index in [9.17, 15) is 52.2 Å². The van der Waals surface area contributed by atoms with Crippen molar-refractivity contribution in [1.82, 2.24) is 0 Å². The molecule has 0 unspecified atom stereocenters. The number of halogens is 7. The molecule has 14 nitrogen and oxygen atoms in total. The van der Waals surface area contributed by atoms with Crippen molar-refractivity contribution in [3.8, 4) is 44.9 Å². The van der Waals surface area contributed by atoms with Gasteiger partial charge in [0.25, 0.3) is 17.7 Å². The largest absolute Gasteiger partial charge is 0.494 e. The summed E-state index contributed by atoms with van der Waals surface area (Å²) in [7, 11) is 0.